The highest BCUT2D eigenvalue weighted by molar-refractivity contribution is 7.89. The smallest absolute Gasteiger partial charge is 0.244 e. The van der Waals surface area contributed by atoms with Crippen molar-refractivity contribution in [2.75, 3.05) is 25.2 Å². The molecule has 1 atom stereocenters. The van der Waals surface area contributed by atoms with E-state index >= 15 is 0 Å². The normalized spacial score (nSPS) is 23.1. The first-order valence-electron chi connectivity index (χ1n) is 11.3. The molecule has 33 heavy (non-hydrogen) atoms. The number of hydrogen-bond donors (Lipinski definition) is 1. The summed E-state index contributed by atoms with van der Waals surface area (Å²) in [5, 5.41) is 2.88. The van der Waals surface area contributed by atoms with Crippen LogP contribution in [0, 0.1) is 5.92 Å². The van der Waals surface area contributed by atoms with Gasteiger partial charge in [-0.25, -0.2) is 8.42 Å². The second-order valence-corrected chi connectivity index (χ2v) is 11.8. The van der Waals surface area contributed by atoms with Crippen molar-refractivity contribution < 1.29 is 22.7 Å². The molecular weight excluding hydrogens is 442 g/mol. The van der Waals surface area contributed by atoms with E-state index in [4.69, 9.17) is 4.74 Å². The van der Waals surface area contributed by atoms with Crippen LogP contribution in [0.5, 0.6) is 0 Å². The van der Waals surface area contributed by atoms with Crippen LogP contribution in [0.1, 0.15) is 47.0 Å². The summed E-state index contributed by atoms with van der Waals surface area (Å²) in [6.07, 6.45) is 3.05. The molecule has 2 heterocycles. The Bertz CT molecular complexity index is 1010. The largest absolute Gasteiger partial charge is 0.381 e. The molecule has 0 radical (unpaired) electrons. The Morgan fingerprint density at radius 3 is 2.27 bits per heavy atom. The average Bonchev–Trinajstić information content (AvgIpc) is 2.96. The third-order valence-electron chi connectivity index (χ3n) is 6.79. The molecule has 1 N–H and O–H groups in total. The van der Waals surface area contributed by atoms with Crippen LogP contribution in [0.25, 0.3) is 0 Å². The Hall–Kier alpha value is -2.23. The maximum absolute atomic E-state index is 13.7. The fourth-order valence-corrected chi connectivity index (χ4v) is 7.30. The third-order valence-corrected chi connectivity index (χ3v) is 9.11. The lowest BCUT2D eigenvalue weighted by Crippen LogP contribution is -2.56. The lowest BCUT2D eigenvalue weighted by molar-refractivity contribution is -0.124. The van der Waals surface area contributed by atoms with E-state index in [2.05, 4.69) is 11.9 Å². The number of carbonyl (C=O) groups excluding carboxylic acids is 2. The molecule has 182 valence electrons. The molecule has 2 fully saturated rings. The first kappa shape index (κ1) is 25.4. The summed E-state index contributed by atoms with van der Waals surface area (Å²) in [6.45, 7) is 12.0. The van der Waals surface area contributed by atoms with Crippen LogP contribution < -0.4 is 10.2 Å². The Kier molecular flexibility index (Phi) is 7.07. The standard InChI is InChI=1S/C24H35N3O5S/c1-7-21(28)25-20-16-23(2,3)27(24(20,4)5)33(30,31)19-10-8-18(9-11-19)26(6)22(29)17-12-14-32-15-13-17/h7-11,17,20H,1,12-16H2,2-6H3,(H,25,28). The number of carbonyl (C=O) groups is 2. The number of rotatable bonds is 6. The number of benzene rings is 1. The molecule has 9 heteroatoms. The third kappa shape index (κ3) is 4.85. The summed E-state index contributed by atoms with van der Waals surface area (Å²) in [5.74, 6) is -0.401. The van der Waals surface area contributed by atoms with Crippen LogP contribution in [-0.2, 0) is 24.3 Å². The van der Waals surface area contributed by atoms with Crippen molar-refractivity contribution >= 4 is 27.5 Å². The maximum Gasteiger partial charge on any atom is 0.244 e. The van der Waals surface area contributed by atoms with Gasteiger partial charge in [0.2, 0.25) is 21.8 Å². The monoisotopic (exact) mass is 477 g/mol. The summed E-state index contributed by atoms with van der Waals surface area (Å²) < 4.78 is 34.3. The number of hydrogen-bond acceptors (Lipinski definition) is 5. The average molecular weight is 478 g/mol. The molecule has 0 aromatic heterocycles. The van der Waals surface area contributed by atoms with Gasteiger partial charge in [0, 0.05) is 43.4 Å². The van der Waals surface area contributed by atoms with Crippen molar-refractivity contribution in [3.05, 3.63) is 36.9 Å². The van der Waals surface area contributed by atoms with Crippen molar-refractivity contribution in [3.63, 3.8) is 0 Å². The number of amides is 2. The molecule has 3 rings (SSSR count). The zero-order valence-corrected chi connectivity index (χ0v) is 20.9. The molecule has 1 unspecified atom stereocenters. The molecule has 2 saturated heterocycles. The Labute approximate surface area is 197 Å². The van der Waals surface area contributed by atoms with Crippen molar-refractivity contribution in [2.24, 2.45) is 5.92 Å². The first-order chi connectivity index (χ1) is 15.3. The van der Waals surface area contributed by atoms with Gasteiger partial charge in [-0.15, -0.1) is 0 Å². The molecule has 0 spiro atoms. The first-order valence-corrected chi connectivity index (χ1v) is 12.7. The fraction of sp³-hybridized carbons (Fsp3) is 0.583. The van der Waals surface area contributed by atoms with E-state index in [1.54, 1.807) is 36.2 Å². The maximum atomic E-state index is 13.7. The van der Waals surface area contributed by atoms with E-state index in [9.17, 15) is 18.0 Å². The molecule has 0 saturated carbocycles. The summed E-state index contributed by atoms with van der Waals surface area (Å²) in [7, 11) is -2.17. The van der Waals surface area contributed by atoms with Crippen LogP contribution in [0.4, 0.5) is 5.69 Å². The number of nitrogens with one attached hydrogen (secondary N) is 1. The van der Waals surface area contributed by atoms with Gasteiger partial charge in [-0.2, -0.15) is 4.31 Å². The molecule has 0 bridgehead atoms. The lowest BCUT2D eigenvalue weighted by Gasteiger charge is -2.40. The Balaban J connectivity index is 1.85. The van der Waals surface area contributed by atoms with Crippen LogP contribution >= 0.6 is 0 Å². The zero-order chi connectivity index (χ0) is 24.6. The molecule has 1 aromatic carbocycles. The highest BCUT2D eigenvalue weighted by atomic mass is 32.2. The molecule has 2 aliphatic rings. The van der Waals surface area contributed by atoms with E-state index in [0.717, 1.165) is 0 Å². The van der Waals surface area contributed by atoms with Crippen LogP contribution in [-0.4, -0.2) is 61.9 Å². The fourth-order valence-electron chi connectivity index (χ4n) is 5.14. The van der Waals surface area contributed by atoms with Crippen molar-refractivity contribution in [3.8, 4) is 0 Å². The van der Waals surface area contributed by atoms with E-state index in [-0.39, 0.29) is 28.7 Å². The Morgan fingerprint density at radius 2 is 1.73 bits per heavy atom. The lowest BCUT2D eigenvalue weighted by atomic mass is 9.94. The highest BCUT2D eigenvalue weighted by Crippen LogP contribution is 2.45. The summed E-state index contributed by atoms with van der Waals surface area (Å²) in [4.78, 5) is 26.5. The molecule has 2 aliphatic heterocycles. The van der Waals surface area contributed by atoms with E-state index in [0.29, 0.717) is 38.2 Å². The Morgan fingerprint density at radius 1 is 1.15 bits per heavy atom. The summed E-state index contributed by atoms with van der Waals surface area (Å²) in [5.41, 5.74) is -0.924. The SMILES string of the molecule is C=CC(=O)NC1CC(C)(C)N(S(=O)(=O)c2ccc(N(C)C(=O)C3CCOCC3)cc2)C1(C)C. The van der Waals surface area contributed by atoms with Gasteiger partial charge in [0.05, 0.1) is 10.4 Å². The quantitative estimate of drug-likeness (QED) is 0.636. The van der Waals surface area contributed by atoms with Gasteiger partial charge in [0.1, 0.15) is 0 Å². The predicted molar refractivity (Wildman–Crippen MR) is 127 cm³/mol. The van der Waals surface area contributed by atoms with Crippen molar-refractivity contribution in [2.45, 2.75) is 69.0 Å². The number of anilines is 1. The molecular formula is C24H35N3O5S. The number of sulfonamides is 1. The van der Waals surface area contributed by atoms with E-state index in [1.807, 2.05) is 27.7 Å². The minimum atomic E-state index is -3.88. The van der Waals surface area contributed by atoms with Gasteiger partial charge < -0.3 is 15.0 Å². The van der Waals surface area contributed by atoms with Gasteiger partial charge in [-0.3, -0.25) is 9.59 Å². The van der Waals surface area contributed by atoms with Crippen molar-refractivity contribution in [1.29, 1.82) is 0 Å². The van der Waals surface area contributed by atoms with Gasteiger partial charge in [-0.1, -0.05) is 6.58 Å². The minimum Gasteiger partial charge on any atom is -0.381 e. The summed E-state index contributed by atoms with van der Waals surface area (Å²) in [6, 6.07) is 6.05. The second-order valence-electron chi connectivity index (χ2n) is 9.98. The van der Waals surface area contributed by atoms with Gasteiger partial charge in [0.25, 0.3) is 0 Å². The van der Waals surface area contributed by atoms with E-state index < -0.39 is 21.1 Å². The summed E-state index contributed by atoms with van der Waals surface area (Å²) >= 11 is 0. The van der Waals surface area contributed by atoms with Gasteiger partial charge in [-0.05, 0) is 77.3 Å². The van der Waals surface area contributed by atoms with Gasteiger partial charge in [0.15, 0.2) is 0 Å². The van der Waals surface area contributed by atoms with Crippen LogP contribution in [0.3, 0.4) is 0 Å². The van der Waals surface area contributed by atoms with Gasteiger partial charge >= 0.3 is 0 Å². The van der Waals surface area contributed by atoms with Crippen LogP contribution in [0.2, 0.25) is 0 Å². The zero-order valence-electron chi connectivity index (χ0n) is 20.1. The second kappa shape index (κ2) is 9.19. The predicted octanol–water partition coefficient (Wildman–Crippen LogP) is 2.70. The highest BCUT2D eigenvalue weighted by Gasteiger charge is 2.57. The van der Waals surface area contributed by atoms with E-state index in [1.165, 1.54) is 10.4 Å². The van der Waals surface area contributed by atoms with Crippen molar-refractivity contribution in [1.82, 2.24) is 9.62 Å². The van der Waals surface area contributed by atoms with Crippen LogP contribution in [0.15, 0.2) is 41.8 Å². The number of nitrogens with zero attached hydrogens (tertiary/aromatic N) is 2. The molecule has 1 aromatic rings. The topological polar surface area (TPSA) is 96.0 Å². The number of ether oxygens (including phenoxy) is 1. The molecule has 0 aliphatic carbocycles. The molecule has 8 nitrogen and oxygen atoms in total. The molecule has 2 amide bonds. The minimum absolute atomic E-state index is 0.0107.